The average Bonchev–Trinajstić information content (AvgIpc) is 2.15. The van der Waals surface area contributed by atoms with Crippen molar-refractivity contribution in [2.75, 3.05) is 40.4 Å². The summed E-state index contributed by atoms with van der Waals surface area (Å²) < 4.78 is 5.11. The monoisotopic (exact) mass is 200 g/mol. The number of nitrogens with zero attached hydrogens (tertiary/aromatic N) is 1. The molecule has 14 heavy (non-hydrogen) atoms. The van der Waals surface area contributed by atoms with E-state index in [0.29, 0.717) is 12.0 Å². The van der Waals surface area contributed by atoms with Crippen molar-refractivity contribution in [1.82, 2.24) is 10.2 Å². The number of likely N-dealkylation sites (N-methyl/N-ethyl adjacent to an activating group) is 1. The highest BCUT2D eigenvalue weighted by atomic mass is 16.5. The summed E-state index contributed by atoms with van der Waals surface area (Å²) in [7, 11) is 3.97. The molecule has 1 aliphatic rings. The van der Waals surface area contributed by atoms with Crippen molar-refractivity contribution in [2.45, 2.75) is 25.8 Å². The molecule has 0 aromatic carbocycles. The highest BCUT2D eigenvalue weighted by Crippen LogP contribution is 2.08. The smallest absolute Gasteiger partial charge is 0.0499 e. The summed E-state index contributed by atoms with van der Waals surface area (Å²) in [6.07, 6.45) is 2.65. The molecule has 0 amide bonds. The first-order valence-electron chi connectivity index (χ1n) is 5.63. The number of ether oxygens (including phenoxy) is 1. The Hall–Kier alpha value is -0.120. The molecule has 0 aliphatic carbocycles. The lowest BCUT2D eigenvalue weighted by Gasteiger charge is -2.31. The number of likely N-dealkylation sites (tertiary alicyclic amines) is 1. The van der Waals surface area contributed by atoms with Gasteiger partial charge in [0.15, 0.2) is 0 Å². The van der Waals surface area contributed by atoms with Crippen LogP contribution in [0.2, 0.25) is 0 Å². The van der Waals surface area contributed by atoms with Gasteiger partial charge in [0.1, 0.15) is 0 Å². The molecule has 0 saturated carbocycles. The van der Waals surface area contributed by atoms with E-state index in [9.17, 15) is 0 Å². The van der Waals surface area contributed by atoms with E-state index in [0.717, 1.165) is 13.2 Å². The third-order valence-corrected chi connectivity index (χ3v) is 2.83. The van der Waals surface area contributed by atoms with Crippen LogP contribution in [0, 0.1) is 5.92 Å². The number of piperidine rings is 1. The SMILES string of the molecule is COCC(C)CNC1CCCN(C)C1. The predicted molar refractivity (Wildman–Crippen MR) is 59.6 cm³/mol. The molecular formula is C11H24N2O. The molecule has 1 rings (SSSR count). The zero-order valence-corrected chi connectivity index (χ0v) is 9.75. The van der Waals surface area contributed by atoms with E-state index >= 15 is 0 Å². The molecule has 0 aromatic rings. The van der Waals surface area contributed by atoms with Crippen LogP contribution in [-0.4, -0.2) is 51.3 Å². The lowest BCUT2D eigenvalue weighted by atomic mass is 10.1. The number of hydrogen-bond donors (Lipinski definition) is 1. The number of nitrogens with one attached hydrogen (secondary N) is 1. The van der Waals surface area contributed by atoms with Gasteiger partial charge in [-0.1, -0.05) is 6.92 Å². The molecule has 1 N–H and O–H groups in total. The van der Waals surface area contributed by atoms with Gasteiger partial charge in [-0.15, -0.1) is 0 Å². The van der Waals surface area contributed by atoms with Crippen LogP contribution in [-0.2, 0) is 4.74 Å². The molecule has 1 saturated heterocycles. The molecule has 84 valence electrons. The topological polar surface area (TPSA) is 24.5 Å². The fourth-order valence-corrected chi connectivity index (χ4v) is 2.04. The Morgan fingerprint density at radius 1 is 1.57 bits per heavy atom. The molecule has 0 radical (unpaired) electrons. The van der Waals surface area contributed by atoms with Crippen molar-refractivity contribution >= 4 is 0 Å². The van der Waals surface area contributed by atoms with Crippen LogP contribution in [0.3, 0.4) is 0 Å². The fraction of sp³-hybridized carbons (Fsp3) is 1.00. The van der Waals surface area contributed by atoms with Gasteiger partial charge < -0.3 is 15.0 Å². The molecule has 1 heterocycles. The van der Waals surface area contributed by atoms with E-state index in [-0.39, 0.29) is 0 Å². The molecular weight excluding hydrogens is 176 g/mol. The van der Waals surface area contributed by atoms with E-state index in [2.05, 4.69) is 24.2 Å². The van der Waals surface area contributed by atoms with E-state index in [4.69, 9.17) is 4.74 Å². The third-order valence-electron chi connectivity index (χ3n) is 2.83. The summed E-state index contributed by atoms with van der Waals surface area (Å²) in [5, 5.41) is 3.61. The van der Waals surface area contributed by atoms with Crippen molar-refractivity contribution in [1.29, 1.82) is 0 Å². The zero-order valence-electron chi connectivity index (χ0n) is 9.75. The van der Waals surface area contributed by atoms with E-state index < -0.39 is 0 Å². The van der Waals surface area contributed by atoms with Gasteiger partial charge in [-0.25, -0.2) is 0 Å². The summed E-state index contributed by atoms with van der Waals surface area (Å²) in [6, 6.07) is 0.688. The van der Waals surface area contributed by atoms with Crippen LogP contribution in [0.1, 0.15) is 19.8 Å². The van der Waals surface area contributed by atoms with Crippen LogP contribution in [0.25, 0.3) is 0 Å². The second-order valence-electron chi connectivity index (χ2n) is 4.57. The second-order valence-corrected chi connectivity index (χ2v) is 4.57. The molecule has 0 bridgehead atoms. The van der Waals surface area contributed by atoms with E-state index in [1.165, 1.54) is 25.9 Å². The van der Waals surface area contributed by atoms with Gasteiger partial charge in [0.05, 0.1) is 0 Å². The van der Waals surface area contributed by atoms with Gasteiger partial charge in [-0.3, -0.25) is 0 Å². The standard InChI is InChI=1S/C11H24N2O/c1-10(9-14-3)7-12-11-5-4-6-13(2)8-11/h10-12H,4-9H2,1-3H3. The average molecular weight is 200 g/mol. The largest absolute Gasteiger partial charge is 0.384 e. The maximum absolute atomic E-state index is 5.11. The van der Waals surface area contributed by atoms with Gasteiger partial charge in [-0.05, 0) is 32.4 Å². The van der Waals surface area contributed by atoms with Crippen LogP contribution in [0.15, 0.2) is 0 Å². The maximum atomic E-state index is 5.11. The lowest BCUT2D eigenvalue weighted by molar-refractivity contribution is 0.151. The highest BCUT2D eigenvalue weighted by Gasteiger charge is 2.16. The third kappa shape index (κ3) is 4.40. The summed E-state index contributed by atoms with van der Waals surface area (Å²) in [5.41, 5.74) is 0. The maximum Gasteiger partial charge on any atom is 0.0499 e. The van der Waals surface area contributed by atoms with E-state index in [1.54, 1.807) is 7.11 Å². The zero-order chi connectivity index (χ0) is 10.4. The fourth-order valence-electron chi connectivity index (χ4n) is 2.04. The van der Waals surface area contributed by atoms with Crippen molar-refractivity contribution in [3.8, 4) is 0 Å². The minimum atomic E-state index is 0.618. The molecule has 0 aromatic heterocycles. The minimum absolute atomic E-state index is 0.618. The second kappa shape index (κ2) is 6.38. The summed E-state index contributed by atoms with van der Waals surface area (Å²) in [4.78, 5) is 2.40. The summed E-state index contributed by atoms with van der Waals surface area (Å²) in [6.45, 7) is 6.61. The van der Waals surface area contributed by atoms with Gasteiger partial charge in [0, 0.05) is 32.8 Å². The summed E-state index contributed by atoms with van der Waals surface area (Å²) in [5.74, 6) is 0.618. The Morgan fingerprint density at radius 3 is 3.00 bits per heavy atom. The molecule has 2 unspecified atom stereocenters. The van der Waals surface area contributed by atoms with Crippen LogP contribution < -0.4 is 5.32 Å². The number of rotatable bonds is 5. The summed E-state index contributed by atoms with van der Waals surface area (Å²) >= 11 is 0. The molecule has 2 atom stereocenters. The quantitative estimate of drug-likeness (QED) is 0.715. The van der Waals surface area contributed by atoms with Crippen molar-refractivity contribution in [3.05, 3.63) is 0 Å². The minimum Gasteiger partial charge on any atom is -0.384 e. The normalized spacial score (nSPS) is 26.4. The van der Waals surface area contributed by atoms with Gasteiger partial charge in [0.25, 0.3) is 0 Å². The molecule has 3 heteroatoms. The van der Waals surface area contributed by atoms with Crippen LogP contribution >= 0.6 is 0 Å². The molecule has 0 spiro atoms. The first kappa shape index (κ1) is 12.0. The Morgan fingerprint density at radius 2 is 2.36 bits per heavy atom. The Labute approximate surface area is 87.8 Å². The first-order chi connectivity index (χ1) is 6.72. The number of methoxy groups -OCH3 is 1. The lowest BCUT2D eigenvalue weighted by Crippen LogP contribution is -2.45. The highest BCUT2D eigenvalue weighted by molar-refractivity contribution is 4.76. The van der Waals surface area contributed by atoms with Crippen molar-refractivity contribution < 1.29 is 4.74 Å². The van der Waals surface area contributed by atoms with Crippen LogP contribution in [0.5, 0.6) is 0 Å². The molecule has 1 fully saturated rings. The van der Waals surface area contributed by atoms with Gasteiger partial charge >= 0.3 is 0 Å². The molecule has 1 aliphatic heterocycles. The van der Waals surface area contributed by atoms with E-state index in [1.807, 2.05) is 0 Å². The van der Waals surface area contributed by atoms with Gasteiger partial charge in [0.2, 0.25) is 0 Å². The Kier molecular flexibility index (Phi) is 5.45. The Balaban J connectivity index is 2.10. The van der Waals surface area contributed by atoms with Crippen LogP contribution in [0.4, 0.5) is 0 Å². The predicted octanol–water partition coefficient (Wildman–Crippen LogP) is 0.953. The Bertz CT molecular complexity index is 152. The number of hydrogen-bond acceptors (Lipinski definition) is 3. The van der Waals surface area contributed by atoms with Crippen molar-refractivity contribution in [2.24, 2.45) is 5.92 Å². The van der Waals surface area contributed by atoms with Crippen molar-refractivity contribution in [3.63, 3.8) is 0 Å². The molecule has 3 nitrogen and oxygen atoms in total. The first-order valence-corrected chi connectivity index (χ1v) is 5.63. The van der Waals surface area contributed by atoms with Gasteiger partial charge in [-0.2, -0.15) is 0 Å².